The van der Waals surface area contributed by atoms with E-state index in [0.717, 1.165) is 62.2 Å². The summed E-state index contributed by atoms with van der Waals surface area (Å²) in [4.78, 5) is 0. The summed E-state index contributed by atoms with van der Waals surface area (Å²) in [7, 11) is 0. The van der Waals surface area contributed by atoms with Crippen molar-refractivity contribution < 1.29 is 15.3 Å². The zero-order valence-corrected chi connectivity index (χ0v) is 20.2. The van der Waals surface area contributed by atoms with E-state index in [-0.39, 0.29) is 17.6 Å². The van der Waals surface area contributed by atoms with Crippen molar-refractivity contribution in [3.8, 4) is 0 Å². The highest BCUT2D eigenvalue weighted by Gasteiger charge is 2.62. The molecule has 10 atom stereocenters. The Morgan fingerprint density at radius 2 is 1.57 bits per heavy atom. The normalized spacial score (nSPS) is 49.8. The van der Waals surface area contributed by atoms with Crippen molar-refractivity contribution in [1.82, 2.24) is 0 Å². The van der Waals surface area contributed by atoms with Crippen molar-refractivity contribution in [2.45, 2.75) is 123 Å². The molecule has 0 aliphatic heterocycles. The molecule has 30 heavy (non-hydrogen) atoms. The maximum Gasteiger partial charge on any atom is 0.0591 e. The molecule has 174 valence electrons. The van der Waals surface area contributed by atoms with Crippen LogP contribution in [-0.2, 0) is 0 Å². The third-order valence-electron chi connectivity index (χ3n) is 10.9. The Morgan fingerprint density at radius 3 is 2.27 bits per heavy atom. The fourth-order valence-corrected chi connectivity index (χ4v) is 9.31. The van der Waals surface area contributed by atoms with Gasteiger partial charge >= 0.3 is 0 Å². The van der Waals surface area contributed by atoms with Crippen molar-refractivity contribution in [2.75, 3.05) is 0 Å². The molecule has 0 heterocycles. The number of rotatable bonds is 5. The van der Waals surface area contributed by atoms with Crippen molar-refractivity contribution in [3.05, 3.63) is 0 Å². The van der Waals surface area contributed by atoms with E-state index in [4.69, 9.17) is 0 Å². The number of hydrogen-bond acceptors (Lipinski definition) is 3. The van der Waals surface area contributed by atoms with Gasteiger partial charge in [-0.05, 0) is 118 Å². The fourth-order valence-electron chi connectivity index (χ4n) is 9.31. The van der Waals surface area contributed by atoms with Gasteiger partial charge in [-0.2, -0.15) is 0 Å². The summed E-state index contributed by atoms with van der Waals surface area (Å²) in [5.74, 6) is 3.98. The molecular formula is C27H48O3. The summed E-state index contributed by atoms with van der Waals surface area (Å²) in [5.41, 5.74) is 0.101. The van der Waals surface area contributed by atoms with Gasteiger partial charge in [0.05, 0.1) is 17.8 Å². The molecule has 4 aliphatic carbocycles. The molecule has 0 saturated heterocycles. The lowest BCUT2D eigenvalue weighted by Gasteiger charge is -2.62. The van der Waals surface area contributed by atoms with E-state index in [1.54, 1.807) is 0 Å². The third kappa shape index (κ3) is 3.90. The molecule has 0 aromatic heterocycles. The maximum absolute atomic E-state index is 11.2. The van der Waals surface area contributed by atoms with Crippen molar-refractivity contribution in [3.63, 3.8) is 0 Å². The van der Waals surface area contributed by atoms with Crippen LogP contribution in [0.1, 0.15) is 105 Å². The SMILES string of the molecule is C[C@H](CCCC(C)(C)O)[C@H]1CC[C@H]2[C@@H]3C[C@H](O)[C@H]4C[C@@H](O)CC[C@]4(C)[C@H]3CC[C@]12C. The molecule has 4 fully saturated rings. The monoisotopic (exact) mass is 420 g/mol. The summed E-state index contributed by atoms with van der Waals surface area (Å²) < 4.78 is 0. The van der Waals surface area contributed by atoms with Gasteiger partial charge in [-0.3, -0.25) is 0 Å². The van der Waals surface area contributed by atoms with Crippen LogP contribution >= 0.6 is 0 Å². The Morgan fingerprint density at radius 1 is 0.900 bits per heavy atom. The first-order chi connectivity index (χ1) is 14.0. The molecule has 3 heteroatoms. The van der Waals surface area contributed by atoms with Crippen LogP contribution in [-0.4, -0.2) is 33.1 Å². The second-order valence-corrected chi connectivity index (χ2v) is 13.1. The van der Waals surface area contributed by atoms with Gasteiger partial charge in [-0.1, -0.05) is 33.6 Å². The van der Waals surface area contributed by atoms with Crippen LogP contribution in [0.2, 0.25) is 0 Å². The van der Waals surface area contributed by atoms with Gasteiger partial charge in [-0.15, -0.1) is 0 Å². The van der Waals surface area contributed by atoms with E-state index in [2.05, 4.69) is 20.8 Å². The summed E-state index contributed by atoms with van der Waals surface area (Å²) >= 11 is 0. The van der Waals surface area contributed by atoms with Crippen molar-refractivity contribution in [1.29, 1.82) is 0 Å². The van der Waals surface area contributed by atoms with E-state index >= 15 is 0 Å². The molecule has 0 aromatic carbocycles. The number of aliphatic hydroxyl groups excluding tert-OH is 2. The Bertz CT molecular complexity index is 612. The minimum Gasteiger partial charge on any atom is -0.393 e. The molecule has 4 saturated carbocycles. The highest BCUT2D eigenvalue weighted by molar-refractivity contribution is 5.11. The average Bonchev–Trinajstić information content (AvgIpc) is 3.00. The zero-order chi connectivity index (χ0) is 21.9. The molecule has 0 spiro atoms. The Labute approximate surface area is 185 Å². The van der Waals surface area contributed by atoms with Crippen molar-refractivity contribution >= 4 is 0 Å². The fraction of sp³-hybridized carbons (Fsp3) is 1.00. The molecule has 0 aromatic rings. The number of aliphatic hydroxyl groups is 3. The van der Waals surface area contributed by atoms with E-state index in [0.29, 0.717) is 17.3 Å². The topological polar surface area (TPSA) is 60.7 Å². The van der Waals surface area contributed by atoms with Crippen LogP contribution < -0.4 is 0 Å². The second-order valence-electron chi connectivity index (χ2n) is 13.1. The van der Waals surface area contributed by atoms with Crippen LogP contribution in [0.5, 0.6) is 0 Å². The lowest BCUT2D eigenvalue weighted by atomic mass is 9.44. The Balaban J connectivity index is 1.48. The molecule has 0 bridgehead atoms. The first-order valence-corrected chi connectivity index (χ1v) is 13.0. The Kier molecular flexibility index (Phi) is 6.17. The Hall–Kier alpha value is -0.120. The maximum atomic E-state index is 11.2. The summed E-state index contributed by atoms with van der Waals surface area (Å²) in [5, 5.41) is 31.5. The van der Waals surface area contributed by atoms with Gasteiger partial charge in [0.25, 0.3) is 0 Å². The molecule has 0 radical (unpaired) electrons. The standard InChI is InChI=1S/C27H48O3/c1-17(7-6-12-25(2,3)30)20-8-9-21-19-16-24(29)23-15-18(28)10-13-27(23,5)22(19)11-14-26(20,21)4/h17-24,28-30H,6-16H2,1-5H3/t17-,18+,19+,20-,21+,22+,23-,24+,26-,27-/m1/s1. The predicted molar refractivity (Wildman–Crippen MR) is 122 cm³/mol. The first-order valence-electron chi connectivity index (χ1n) is 13.0. The third-order valence-corrected chi connectivity index (χ3v) is 10.9. The van der Waals surface area contributed by atoms with Gasteiger partial charge < -0.3 is 15.3 Å². The van der Waals surface area contributed by atoms with Gasteiger partial charge in [0.15, 0.2) is 0 Å². The van der Waals surface area contributed by atoms with Gasteiger partial charge in [-0.25, -0.2) is 0 Å². The molecule has 0 amide bonds. The lowest BCUT2D eigenvalue weighted by Crippen LogP contribution is -2.58. The average molecular weight is 421 g/mol. The van der Waals surface area contributed by atoms with E-state index in [9.17, 15) is 15.3 Å². The quantitative estimate of drug-likeness (QED) is 0.546. The molecule has 3 nitrogen and oxygen atoms in total. The van der Waals surface area contributed by atoms with E-state index < -0.39 is 5.60 Å². The van der Waals surface area contributed by atoms with Crippen LogP contribution in [0.4, 0.5) is 0 Å². The highest BCUT2D eigenvalue weighted by atomic mass is 16.3. The number of hydrogen-bond donors (Lipinski definition) is 3. The van der Waals surface area contributed by atoms with Crippen LogP contribution in [0.3, 0.4) is 0 Å². The minimum atomic E-state index is -0.544. The summed E-state index contributed by atoms with van der Waals surface area (Å²) in [6.45, 7) is 11.4. The van der Waals surface area contributed by atoms with Gasteiger partial charge in [0.1, 0.15) is 0 Å². The molecule has 4 rings (SSSR count). The highest BCUT2D eigenvalue weighted by Crippen LogP contribution is 2.68. The van der Waals surface area contributed by atoms with Crippen LogP contribution in [0.25, 0.3) is 0 Å². The van der Waals surface area contributed by atoms with Gasteiger partial charge in [0, 0.05) is 0 Å². The van der Waals surface area contributed by atoms with E-state index in [1.807, 2.05) is 13.8 Å². The summed E-state index contributed by atoms with van der Waals surface area (Å²) in [6.07, 6.45) is 12.0. The smallest absolute Gasteiger partial charge is 0.0591 e. The zero-order valence-electron chi connectivity index (χ0n) is 20.2. The molecular weight excluding hydrogens is 372 g/mol. The minimum absolute atomic E-state index is 0.205. The second kappa shape index (κ2) is 8.03. The van der Waals surface area contributed by atoms with Crippen LogP contribution in [0, 0.1) is 46.3 Å². The van der Waals surface area contributed by atoms with Crippen LogP contribution in [0.15, 0.2) is 0 Å². The lowest BCUT2D eigenvalue weighted by molar-refractivity contribution is -0.172. The molecule has 4 aliphatic rings. The first kappa shape index (κ1) is 23.1. The predicted octanol–water partition coefficient (Wildman–Crippen LogP) is 5.55. The van der Waals surface area contributed by atoms with Crippen molar-refractivity contribution in [2.24, 2.45) is 46.3 Å². The van der Waals surface area contributed by atoms with E-state index in [1.165, 1.54) is 32.1 Å². The molecule has 3 N–H and O–H groups in total. The largest absolute Gasteiger partial charge is 0.393 e. The summed E-state index contributed by atoms with van der Waals surface area (Å²) in [6, 6.07) is 0. The van der Waals surface area contributed by atoms with Gasteiger partial charge in [0.2, 0.25) is 0 Å². The molecule has 0 unspecified atom stereocenters. The number of fused-ring (bicyclic) bond motifs is 5.